The van der Waals surface area contributed by atoms with E-state index in [2.05, 4.69) is 4.72 Å². The molecule has 72 valence electrons. The first-order valence-corrected chi connectivity index (χ1v) is 5.82. The molecular weight excluding hydrogens is 186 g/mol. The van der Waals surface area contributed by atoms with Crippen LogP contribution in [0.25, 0.3) is 0 Å². The maximum absolute atomic E-state index is 10.9. The fraction of sp³-hybridized carbons (Fsp3) is 0.333. The van der Waals surface area contributed by atoms with Crippen molar-refractivity contribution in [3.8, 4) is 0 Å². The van der Waals surface area contributed by atoms with E-state index in [1.807, 2.05) is 19.9 Å². The first-order valence-electron chi connectivity index (χ1n) is 3.93. The number of aryl methyl sites for hydroxylation is 2. The van der Waals surface area contributed by atoms with Crippen molar-refractivity contribution in [2.45, 2.75) is 13.8 Å². The summed E-state index contributed by atoms with van der Waals surface area (Å²) in [5, 5.41) is 0. The van der Waals surface area contributed by atoms with E-state index in [1.54, 1.807) is 12.1 Å². The van der Waals surface area contributed by atoms with E-state index in [0.29, 0.717) is 5.69 Å². The fourth-order valence-corrected chi connectivity index (χ4v) is 1.79. The van der Waals surface area contributed by atoms with Crippen molar-refractivity contribution in [2.24, 2.45) is 0 Å². The van der Waals surface area contributed by atoms with Crippen LogP contribution < -0.4 is 4.72 Å². The van der Waals surface area contributed by atoms with Crippen LogP contribution in [0.2, 0.25) is 0 Å². The highest BCUT2D eigenvalue weighted by atomic mass is 32.2. The average molecular weight is 199 g/mol. The van der Waals surface area contributed by atoms with E-state index in [-0.39, 0.29) is 0 Å². The van der Waals surface area contributed by atoms with Gasteiger partial charge in [0, 0.05) is 5.69 Å². The first-order chi connectivity index (χ1) is 5.87. The Labute approximate surface area is 78.8 Å². The predicted octanol–water partition coefficient (Wildman–Crippen LogP) is 1.67. The maximum Gasteiger partial charge on any atom is 0.229 e. The highest BCUT2D eigenvalue weighted by Crippen LogP contribution is 2.14. The van der Waals surface area contributed by atoms with Crippen LogP contribution in [0.1, 0.15) is 11.1 Å². The van der Waals surface area contributed by atoms with Gasteiger partial charge >= 0.3 is 0 Å². The molecule has 0 aromatic heterocycles. The molecule has 0 aliphatic carbocycles. The van der Waals surface area contributed by atoms with Crippen molar-refractivity contribution >= 4 is 15.7 Å². The number of rotatable bonds is 2. The zero-order valence-electron chi connectivity index (χ0n) is 7.96. The second kappa shape index (κ2) is 3.38. The van der Waals surface area contributed by atoms with Gasteiger partial charge < -0.3 is 0 Å². The molecule has 0 saturated carbocycles. The molecule has 0 saturated heterocycles. The maximum atomic E-state index is 10.9. The zero-order valence-corrected chi connectivity index (χ0v) is 8.77. The normalized spacial score (nSPS) is 11.3. The molecule has 0 unspecified atom stereocenters. The van der Waals surface area contributed by atoms with Crippen LogP contribution in [0.4, 0.5) is 5.69 Å². The number of anilines is 1. The Morgan fingerprint density at radius 2 is 1.54 bits per heavy atom. The van der Waals surface area contributed by atoms with Crippen LogP contribution in [0.15, 0.2) is 18.2 Å². The standard InChI is InChI=1S/C9H13NO2S/c1-7-4-8(2)6-9(5-7)10-13(3,11)12/h4-6,10H,1-3H3. The molecule has 3 nitrogen and oxygen atoms in total. The van der Waals surface area contributed by atoms with E-state index in [1.165, 1.54) is 0 Å². The Morgan fingerprint density at radius 1 is 1.08 bits per heavy atom. The lowest BCUT2D eigenvalue weighted by Crippen LogP contribution is -2.09. The molecule has 0 atom stereocenters. The monoisotopic (exact) mass is 199 g/mol. The molecule has 0 aliphatic heterocycles. The molecule has 0 amide bonds. The van der Waals surface area contributed by atoms with Gasteiger partial charge in [-0.1, -0.05) is 6.07 Å². The van der Waals surface area contributed by atoms with Crippen LogP contribution >= 0.6 is 0 Å². The average Bonchev–Trinajstić information content (AvgIpc) is 1.78. The summed E-state index contributed by atoms with van der Waals surface area (Å²) in [6.07, 6.45) is 1.14. The summed E-state index contributed by atoms with van der Waals surface area (Å²) in [5.41, 5.74) is 2.72. The SMILES string of the molecule is Cc1cc(C)cc(NS(C)(=O)=O)c1. The van der Waals surface area contributed by atoms with Crippen molar-refractivity contribution in [3.63, 3.8) is 0 Å². The number of hydrogen-bond donors (Lipinski definition) is 1. The molecule has 13 heavy (non-hydrogen) atoms. The molecule has 1 N–H and O–H groups in total. The molecule has 1 aromatic rings. The van der Waals surface area contributed by atoms with E-state index in [9.17, 15) is 8.42 Å². The molecular formula is C9H13NO2S. The van der Waals surface area contributed by atoms with Gasteiger partial charge in [0.15, 0.2) is 0 Å². The molecule has 0 aliphatic rings. The van der Waals surface area contributed by atoms with Crippen LogP contribution in [-0.2, 0) is 10.0 Å². The van der Waals surface area contributed by atoms with Crippen molar-refractivity contribution in [3.05, 3.63) is 29.3 Å². The Balaban J connectivity index is 3.03. The van der Waals surface area contributed by atoms with Crippen LogP contribution in [0, 0.1) is 13.8 Å². The van der Waals surface area contributed by atoms with Gasteiger partial charge in [0.05, 0.1) is 6.26 Å². The van der Waals surface area contributed by atoms with Crippen molar-refractivity contribution in [2.75, 3.05) is 11.0 Å². The van der Waals surface area contributed by atoms with Crippen LogP contribution in [0.3, 0.4) is 0 Å². The summed E-state index contributed by atoms with van der Waals surface area (Å²) < 4.78 is 24.3. The minimum atomic E-state index is -3.16. The summed E-state index contributed by atoms with van der Waals surface area (Å²) in [6.45, 7) is 3.86. The second-order valence-electron chi connectivity index (χ2n) is 3.25. The minimum absolute atomic E-state index is 0.625. The van der Waals surface area contributed by atoms with E-state index in [4.69, 9.17) is 0 Å². The lowest BCUT2D eigenvalue weighted by Gasteiger charge is -2.05. The Hall–Kier alpha value is -1.03. The van der Waals surface area contributed by atoms with E-state index in [0.717, 1.165) is 17.4 Å². The number of nitrogens with one attached hydrogen (secondary N) is 1. The molecule has 1 aromatic carbocycles. The quantitative estimate of drug-likeness (QED) is 0.787. The first kappa shape index (κ1) is 10.1. The van der Waals surface area contributed by atoms with Gasteiger partial charge in [0.1, 0.15) is 0 Å². The highest BCUT2D eigenvalue weighted by molar-refractivity contribution is 7.92. The zero-order chi connectivity index (χ0) is 10.1. The number of hydrogen-bond acceptors (Lipinski definition) is 2. The van der Waals surface area contributed by atoms with Gasteiger partial charge in [0.2, 0.25) is 10.0 Å². The van der Waals surface area contributed by atoms with Gasteiger partial charge in [-0.3, -0.25) is 4.72 Å². The summed E-state index contributed by atoms with van der Waals surface area (Å²) in [4.78, 5) is 0. The Bertz CT molecular complexity index is 389. The van der Waals surface area contributed by atoms with Gasteiger partial charge in [-0.25, -0.2) is 8.42 Å². The molecule has 0 bridgehead atoms. The van der Waals surface area contributed by atoms with Crippen molar-refractivity contribution in [1.29, 1.82) is 0 Å². The summed E-state index contributed by atoms with van der Waals surface area (Å²) in [6, 6.07) is 5.59. The molecule has 0 fully saturated rings. The number of sulfonamides is 1. The van der Waals surface area contributed by atoms with E-state index >= 15 is 0 Å². The van der Waals surface area contributed by atoms with Gasteiger partial charge in [-0.15, -0.1) is 0 Å². The molecule has 4 heteroatoms. The predicted molar refractivity (Wildman–Crippen MR) is 54.4 cm³/mol. The third-order valence-corrected chi connectivity index (χ3v) is 2.13. The number of benzene rings is 1. The summed E-state index contributed by atoms with van der Waals surface area (Å²) in [7, 11) is -3.16. The lowest BCUT2D eigenvalue weighted by molar-refractivity contribution is 0.607. The van der Waals surface area contributed by atoms with Crippen LogP contribution in [0.5, 0.6) is 0 Å². The lowest BCUT2D eigenvalue weighted by atomic mass is 10.1. The molecule has 1 rings (SSSR count). The fourth-order valence-electron chi connectivity index (χ4n) is 1.25. The Morgan fingerprint density at radius 3 is 1.92 bits per heavy atom. The third-order valence-electron chi connectivity index (χ3n) is 1.52. The highest BCUT2D eigenvalue weighted by Gasteiger charge is 2.01. The van der Waals surface area contributed by atoms with Gasteiger partial charge in [0.25, 0.3) is 0 Å². The molecule has 0 heterocycles. The van der Waals surface area contributed by atoms with E-state index < -0.39 is 10.0 Å². The van der Waals surface area contributed by atoms with Gasteiger partial charge in [-0.05, 0) is 37.1 Å². The largest absolute Gasteiger partial charge is 0.284 e. The van der Waals surface area contributed by atoms with Gasteiger partial charge in [-0.2, -0.15) is 0 Å². The van der Waals surface area contributed by atoms with Crippen LogP contribution in [-0.4, -0.2) is 14.7 Å². The summed E-state index contributed by atoms with van der Waals surface area (Å²) in [5.74, 6) is 0. The molecule has 0 spiro atoms. The molecule has 0 radical (unpaired) electrons. The van der Waals surface area contributed by atoms with Crippen molar-refractivity contribution in [1.82, 2.24) is 0 Å². The summed E-state index contributed by atoms with van der Waals surface area (Å²) >= 11 is 0. The van der Waals surface area contributed by atoms with Crippen molar-refractivity contribution < 1.29 is 8.42 Å². The topological polar surface area (TPSA) is 46.2 Å². The minimum Gasteiger partial charge on any atom is -0.284 e. The second-order valence-corrected chi connectivity index (χ2v) is 5.00. The Kier molecular flexibility index (Phi) is 2.61. The third kappa shape index (κ3) is 3.46. The smallest absolute Gasteiger partial charge is 0.229 e.